The van der Waals surface area contributed by atoms with Crippen molar-refractivity contribution in [1.29, 1.82) is 5.26 Å². The second-order valence-electron chi connectivity index (χ2n) is 5.24. The molecule has 96 valence electrons. The van der Waals surface area contributed by atoms with Crippen molar-refractivity contribution in [2.24, 2.45) is 5.92 Å². The van der Waals surface area contributed by atoms with Gasteiger partial charge in [0.15, 0.2) is 0 Å². The summed E-state index contributed by atoms with van der Waals surface area (Å²) in [5.41, 5.74) is 2.14. The van der Waals surface area contributed by atoms with Gasteiger partial charge in [-0.25, -0.2) is 0 Å². The highest BCUT2D eigenvalue weighted by Crippen LogP contribution is 2.33. The fraction of sp³-hybridized carbons (Fsp3) is 0.562. The summed E-state index contributed by atoms with van der Waals surface area (Å²) in [6.07, 6.45) is 5.02. The van der Waals surface area contributed by atoms with Gasteiger partial charge in [0.2, 0.25) is 0 Å². The van der Waals surface area contributed by atoms with E-state index in [0.717, 1.165) is 24.6 Å². The number of nitriles is 1. The molecule has 1 fully saturated rings. The molecule has 2 unspecified atom stereocenters. The Kier molecular flexibility index (Phi) is 4.78. The smallest absolute Gasteiger partial charge is 0.0991 e. The van der Waals surface area contributed by atoms with Gasteiger partial charge in [0, 0.05) is 0 Å². The SMILES string of the molecule is CCCC(c1cccc(C#N)c1)C1CCCNC1. The van der Waals surface area contributed by atoms with Crippen molar-refractivity contribution in [1.82, 2.24) is 5.32 Å². The molecule has 0 bridgehead atoms. The van der Waals surface area contributed by atoms with Crippen LogP contribution >= 0.6 is 0 Å². The molecule has 0 radical (unpaired) electrons. The van der Waals surface area contributed by atoms with Crippen molar-refractivity contribution in [2.75, 3.05) is 13.1 Å². The van der Waals surface area contributed by atoms with E-state index < -0.39 is 0 Å². The number of rotatable bonds is 4. The third-order valence-electron chi connectivity index (χ3n) is 3.95. The fourth-order valence-electron chi connectivity index (χ4n) is 3.05. The Morgan fingerprint density at radius 2 is 2.39 bits per heavy atom. The van der Waals surface area contributed by atoms with Gasteiger partial charge in [0.05, 0.1) is 11.6 Å². The zero-order valence-corrected chi connectivity index (χ0v) is 11.2. The third-order valence-corrected chi connectivity index (χ3v) is 3.95. The number of piperidine rings is 1. The minimum Gasteiger partial charge on any atom is -0.316 e. The molecule has 0 spiro atoms. The molecular formula is C16H22N2. The summed E-state index contributed by atoms with van der Waals surface area (Å²) in [5, 5.41) is 12.5. The van der Waals surface area contributed by atoms with Gasteiger partial charge in [0.1, 0.15) is 0 Å². The number of benzene rings is 1. The van der Waals surface area contributed by atoms with Crippen molar-refractivity contribution < 1.29 is 0 Å². The van der Waals surface area contributed by atoms with Crippen LogP contribution in [-0.2, 0) is 0 Å². The van der Waals surface area contributed by atoms with Crippen LogP contribution < -0.4 is 5.32 Å². The fourth-order valence-corrected chi connectivity index (χ4v) is 3.05. The summed E-state index contributed by atoms with van der Waals surface area (Å²) in [4.78, 5) is 0. The van der Waals surface area contributed by atoms with E-state index in [4.69, 9.17) is 5.26 Å². The second-order valence-corrected chi connectivity index (χ2v) is 5.24. The van der Waals surface area contributed by atoms with E-state index in [9.17, 15) is 0 Å². The summed E-state index contributed by atoms with van der Waals surface area (Å²) < 4.78 is 0. The maximum atomic E-state index is 9.02. The Balaban J connectivity index is 2.19. The molecule has 1 aromatic carbocycles. The van der Waals surface area contributed by atoms with Crippen molar-refractivity contribution in [3.05, 3.63) is 35.4 Å². The maximum Gasteiger partial charge on any atom is 0.0991 e. The lowest BCUT2D eigenvalue weighted by Crippen LogP contribution is -2.33. The largest absolute Gasteiger partial charge is 0.316 e. The molecule has 2 atom stereocenters. The van der Waals surface area contributed by atoms with E-state index in [-0.39, 0.29) is 0 Å². The van der Waals surface area contributed by atoms with Crippen LogP contribution in [0.2, 0.25) is 0 Å². The van der Waals surface area contributed by atoms with Gasteiger partial charge in [-0.2, -0.15) is 5.26 Å². The van der Waals surface area contributed by atoms with Gasteiger partial charge in [-0.15, -0.1) is 0 Å². The monoisotopic (exact) mass is 242 g/mol. The average molecular weight is 242 g/mol. The highest BCUT2D eigenvalue weighted by atomic mass is 14.9. The summed E-state index contributed by atoms with van der Waals surface area (Å²) >= 11 is 0. The van der Waals surface area contributed by atoms with Gasteiger partial charge >= 0.3 is 0 Å². The molecule has 1 heterocycles. The van der Waals surface area contributed by atoms with Crippen molar-refractivity contribution in [3.63, 3.8) is 0 Å². The zero-order valence-electron chi connectivity index (χ0n) is 11.2. The molecule has 1 aliphatic rings. The molecule has 0 aromatic heterocycles. The number of hydrogen-bond donors (Lipinski definition) is 1. The van der Waals surface area contributed by atoms with Crippen LogP contribution in [0.1, 0.15) is 49.7 Å². The third kappa shape index (κ3) is 3.11. The van der Waals surface area contributed by atoms with Gasteiger partial charge in [-0.3, -0.25) is 0 Å². The zero-order chi connectivity index (χ0) is 12.8. The van der Waals surface area contributed by atoms with Crippen molar-refractivity contribution in [2.45, 2.75) is 38.5 Å². The first kappa shape index (κ1) is 13.1. The normalized spacial score (nSPS) is 21.2. The first-order valence-corrected chi connectivity index (χ1v) is 7.06. The summed E-state index contributed by atoms with van der Waals surface area (Å²) in [6, 6.07) is 10.4. The molecule has 0 amide bonds. The van der Waals surface area contributed by atoms with Crippen LogP contribution in [0.25, 0.3) is 0 Å². The molecule has 1 aliphatic heterocycles. The topological polar surface area (TPSA) is 35.8 Å². The Bertz CT molecular complexity index is 413. The Labute approximate surface area is 110 Å². The van der Waals surface area contributed by atoms with E-state index in [0.29, 0.717) is 5.92 Å². The quantitative estimate of drug-likeness (QED) is 0.878. The minimum absolute atomic E-state index is 0.607. The molecule has 2 heteroatoms. The van der Waals surface area contributed by atoms with Gasteiger partial charge in [0.25, 0.3) is 0 Å². The Morgan fingerprint density at radius 1 is 1.50 bits per heavy atom. The Morgan fingerprint density at radius 3 is 3.06 bits per heavy atom. The highest BCUT2D eigenvalue weighted by molar-refractivity contribution is 5.34. The summed E-state index contributed by atoms with van der Waals surface area (Å²) in [6.45, 7) is 4.53. The van der Waals surface area contributed by atoms with Crippen LogP contribution in [0.4, 0.5) is 0 Å². The van der Waals surface area contributed by atoms with Crippen molar-refractivity contribution in [3.8, 4) is 6.07 Å². The predicted octanol–water partition coefficient (Wildman–Crippen LogP) is 3.44. The number of nitrogens with zero attached hydrogens (tertiary/aromatic N) is 1. The van der Waals surface area contributed by atoms with E-state index in [1.165, 1.54) is 31.2 Å². The first-order valence-electron chi connectivity index (χ1n) is 7.06. The van der Waals surface area contributed by atoms with E-state index >= 15 is 0 Å². The minimum atomic E-state index is 0.607. The molecule has 18 heavy (non-hydrogen) atoms. The van der Waals surface area contributed by atoms with Crippen LogP contribution in [0.3, 0.4) is 0 Å². The average Bonchev–Trinajstić information content (AvgIpc) is 2.46. The molecule has 0 aliphatic carbocycles. The van der Waals surface area contributed by atoms with Gasteiger partial charge < -0.3 is 5.32 Å². The lowest BCUT2D eigenvalue weighted by Gasteiger charge is -2.31. The first-order chi connectivity index (χ1) is 8.85. The molecule has 1 N–H and O–H groups in total. The van der Waals surface area contributed by atoms with Crippen LogP contribution in [0.15, 0.2) is 24.3 Å². The molecule has 0 saturated carbocycles. The number of nitrogens with one attached hydrogen (secondary N) is 1. The lowest BCUT2D eigenvalue weighted by atomic mass is 9.79. The van der Waals surface area contributed by atoms with Crippen LogP contribution in [0, 0.1) is 17.2 Å². The van der Waals surface area contributed by atoms with E-state index in [1.807, 2.05) is 12.1 Å². The van der Waals surface area contributed by atoms with E-state index in [1.54, 1.807) is 0 Å². The van der Waals surface area contributed by atoms with Crippen LogP contribution in [-0.4, -0.2) is 13.1 Å². The molecule has 2 nitrogen and oxygen atoms in total. The van der Waals surface area contributed by atoms with Gasteiger partial charge in [-0.05, 0) is 61.9 Å². The summed E-state index contributed by atoms with van der Waals surface area (Å²) in [5.74, 6) is 1.34. The molecule has 2 rings (SSSR count). The molecule has 1 aromatic rings. The highest BCUT2D eigenvalue weighted by Gasteiger charge is 2.24. The van der Waals surface area contributed by atoms with Crippen LogP contribution in [0.5, 0.6) is 0 Å². The van der Waals surface area contributed by atoms with Crippen molar-refractivity contribution >= 4 is 0 Å². The maximum absolute atomic E-state index is 9.02. The molecular weight excluding hydrogens is 220 g/mol. The standard InChI is InChI=1S/C16H22N2/c1-2-5-16(15-8-4-9-18-12-15)14-7-3-6-13(10-14)11-17/h3,6-7,10,15-16,18H,2,4-5,8-9,12H2,1H3. The Hall–Kier alpha value is -1.33. The predicted molar refractivity (Wildman–Crippen MR) is 74.4 cm³/mol. The lowest BCUT2D eigenvalue weighted by molar-refractivity contribution is 0.310. The number of hydrogen-bond acceptors (Lipinski definition) is 2. The second kappa shape index (κ2) is 6.56. The van der Waals surface area contributed by atoms with Gasteiger partial charge in [-0.1, -0.05) is 25.5 Å². The summed E-state index contributed by atoms with van der Waals surface area (Å²) in [7, 11) is 0. The van der Waals surface area contributed by atoms with E-state index in [2.05, 4.69) is 30.4 Å². The molecule has 1 saturated heterocycles.